The number of hydrogen-bond donors (Lipinski definition) is 0. The number of aromatic nitrogens is 4. The summed E-state index contributed by atoms with van der Waals surface area (Å²) in [5, 5.41) is 7.31. The molecule has 3 aromatic heterocycles. The van der Waals surface area contributed by atoms with Crippen LogP contribution in [-0.2, 0) is 12.8 Å². The Morgan fingerprint density at radius 1 is 1.21 bits per heavy atom. The van der Waals surface area contributed by atoms with Gasteiger partial charge in [0.25, 0.3) is 5.56 Å². The zero-order valence-corrected chi connectivity index (χ0v) is 18.6. The average molecular weight is 427 g/mol. The number of aryl methyl sites for hydroxylation is 2. The van der Waals surface area contributed by atoms with Gasteiger partial charge in [-0.15, -0.1) is 11.3 Å². The van der Waals surface area contributed by atoms with Crippen molar-refractivity contribution in [1.82, 2.24) is 19.7 Å². The lowest BCUT2D eigenvalue weighted by Gasteiger charge is -2.08. The molecule has 150 valence electrons. The SMILES string of the molecule is Cc1ccc(-c2csc3nc(SCc4nc(C(C)C)no4)n(C)c(=O)c23)cc1C. The highest BCUT2D eigenvalue weighted by Crippen LogP contribution is 2.33. The molecule has 0 spiro atoms. The molecule has 0 bridgehead atoms. The third kappa shape index (κ3) is 3.74. The molecule has 6 nitrogen and oxygen atoms in total. The molecule has 0 aliphatic heterocycles. The smallest absolute Gasteiger partial charge is 0.263 e. The van der Waals surface area contributed by atoms with Crippen LogP contribution in [0.25, 0.3) is 21.3 Å². The van der Waals surface area contributed by atoms with Gasteiger partial charge in [-0.1, -0.05) is 49.0 Å². The van der Waals surface area contributed by atoms with E-state index >= 15 is 0 Å². The molecule has 0 radical (unpaired) electrons. The second-order valence-electron chi connectivity index (χ2n) is 7.38. The maximum absolute atomic E-state index is 13.1. The van der Waals surface area contributed by atoms with Crippen molar-refractivity contribution in [2.45, 2.75) is 44.5 Å². The Hall–Kier alpha value is -2.45. The van der Waals surface area contributed by atoms with Crippen LogP contribution in [0.2, 0.25) is 0 Å². The molecule has 0 N–H and O–H groups in total. The van der Waals surface area contributed by atoms with E-state index in [4.69, 9.17) is 9.51 Å². The summed E-state index contributed by atoms with van der Waals surface area (Å²) in [5.41, 5.74) is 4.39. The highest BCUT2D eigenvalue weighted by Gasteiger charge is 2.17. The number of fused-ring (bicyclic) bond motifs is 1. The lowest BCUT2D eigenvalue weighted by Crippen LogP contribution is -2.19. The first-order valence-corrected chi connectivity index (χ1v) is 11.2. The standard InChI is InChI=1S/C21H22N4O2S2/c1-11(2)18-22-16(27-24-18)10-29-21-23-19-17(20(26)25(21)5)15(9-28-19)14-7-6-12(3)13(4)8-14/h6-9,11H,10H2,1-5H3. The lowest BCUT2D eigenvalue weighted by atomic mass is 10.0. The third-order valence-corrected chi connectivity index (χ3v) is 6.80. The van der Waals surface area contributed by atoms with Crippen molar-refractivity contribution in [3.63, 3.8) is 0 Å². The van der Waals surface area contributed by atoms with E-state index in [0.717, 1.165) is 16.0 Å². The predicted molar refractivity (Wildman–Crippen MR) is 118 cm³/mol. The number of benzene rings is 1. The monoisotopic (exact) mass is 426 g/mol. The van der Waals surface area contributed by atoms with Crippen LogP contribution < -0.4 is 5.56 Å². The Kier molecular flexibility index (Phi) is 5.31. The van der Waals surface area contributed by atoms with Gasteiger partial charge in [-0.2, -0.15) is 4.98 Å². The molecule has 1 aromatic carbocycles. The van der Waals surface area contributed by atoms with Crippen molar-refractivity contribution in [2.24, 2.45) is 7.05 Å². The van der Waals surface area contributed by atoms with Crippen LogP contribution in [0.1, 0.15) is 42.6 Å². The van der Waals surface area contributed by atoms with E-state index < -0.39 is 0 Å². The predicted octanol–water partition coefficient (Wildman–Crippen LogP) is 5.08. The van der Waals surface area contributed by atoms with Crippen molar-refractivity contribution >= 4 is 33.3 Å². The second-order valence-corrected chi connectivity index (χ2v) is 9.18. The van der Waals surface area contributed by atoms with E-state index in [1.54, 1.807) is 11.6 Å². The van der Waals surface area contributed by atoms with E-state index in [9.17, 15) is 4.79 Å². The van der Waals surface area contributed by atoms with Gasteiger partial charge in [-0.25, -0.2) is 4.98 Å². The Morgan fingerprint density at radius 2 is 2.00 bits per heavy atom. The molecule has 4 aromatic rings. The molecule has 0 amide bonds. The molecular weight excluding hydrogens is 404 g/mol. The molecule has 8 heteroatoms. The molecule has 0 atom stereocenters. The van der Waals surface area contributed by atoms with Crippen LogP contribution in [-0.4, -0.2) is 19.7 Å². The summed E-state index contributed by atoms with van der Waals surface area (Å²) in [7, 11) is 1.76. The zero-order valence-electron chi connectivity index (χ0n) is 17.0. The second kappa shape index (κ2) is 7.76. The molecular formula is C21H22N4O2S2. The highest BCUT2D eigenvalue weighted by molar-refractivity contribution is 7.98. The fourth-order valence-electron chi connectivity index (χ4n) is 2.99. The highest BCUT2D eigenvalue weighted by atomic mass is 32.2. The van der Waals surface area contributed by atoms with E-state index in [2.05, 4.69) is 42.2 Å². The van der Waals surface area contributed by atoms with E-state index in [-0.39, 0.29) is 11.5 Å². The first-order valence-electron chi connectivity index (χ1n) is 9.36. The summed E-state index contributed by atoms with van der Waals surface area (Å²) in [6.45, 7) is 8.21. The number of nitrogens with zero attached hydrogens (tertiary/aromatic N) is 4. The Labute approximate surface area is 177 Å². The van der Waals surface area contributed by atoms with Gasteiger partial charge in [0.1, 0.15) is 4.83 Å². The minimum atomic E-state index is -0.0413. The largest absolute Gasteiger partial charge is 0.338 e. The summed E-state index contributed by atoms with van der Waals surface area (Å²) in [6, 6.07) is 6.28. The fraction of sp³-hybridized carbons (Fsp3) is 0.333. The molecule has 29 heavy (non-hydrogen) atoms. The van der Waals surface area contributed by atoms with Crippen molar-refractivity contribution < 1.29 is 4.52 Å². The van der Waals surface area contributed by atoms with Gasteiger partial charge in [0.2, 0.25) is 5.89 Å². The molecule has 0 aliphatic rings. The van der Waals surface area contributed by atoms with E-state index in [1.165, 1.54) is 34.2 Å². The van der Waals surface area contributed by atoms with Gasteiger partial charge in [0.05, 0.1) is 11.1 Å². The Bertz CT molecular complexity index is 1250. The molecule has 0 aliphatic carbocycles. The number of thiophene rings is 1. The summed E-state index contributed by atoms with van der Waals surface area (Å²) < 4.78 is 6.89. The molecule has 3 heterocycles. The molecule has 0 unspecified atom stereocenters. The van der Waals surface area contributed by atoms with Crippen molar-refractivity contribution in [3.05, 3.63) is 56.8 Å². The van der Waals surface area contributed by atoms with Crippen LogP contribution in [0.15, 0.2) is 38.1 Å². The number of thioether (sulfide) groups is 1. The Balaban J connectivity index is 1.68. The Morgan fingerprint density at radius 3 is 2.69 bits per heavy atom. The van der Waals surface area contributed by atoms with Gasteiger partial charge < -0.3 is 4.52 Å². The number of hydrogen-bond acceptors (Lipinski definition) is 7. The zero-order chi connectivity index (χ0) is 20.7. The molecule has 4 rings (SSSR count). The maximum Gasteiger partial charge on any atom is 0.263 e. The van der Waals surface area contributed by atoms with Crippen molar-refractivity contribution in [2.75, 3.05) is 0 Å². The minimum Gasteiger partial charge on any atom is -0.338 e. The minimum absolute atomic E-state index is 0.0413. The van der Waals surface area contributed by atoms with Gasteiger partial charge >= 0.3 is 0 Å². The molecule has 0 fully saturated rings. The summed E-state index contributed by atoms with van der Waals surface area (Å²) in [5.74, 6) is 1.91. The molecule has 0 saturated carbocycles. The fourth-order valence-corrected chi connectivity index (χ4v) is 4.79. The summed E-state index contributed by atoms with van der Waals surface area (Å²) in [6.07, 6.45) is 0. The quantitative estimate of drug-likeness (QED) is 0.327. The maximum atomic E-state index is 13.1. The van der Waals surface area contributed by atoms with Crippen LogP contribution >= 0.6 is 23.1 Å². The van der Waals surface area contributed by atoms with Gasteiger partial charge in [-0.05, 0) is 30.5 Å². The topological polar surface area (TPSA) is 73.8 Å². The molecule has 0 saturated heterocycles. The van der Waals surface area contributed by atoms with E-state index in [1.807, 2.05) is 19.2 Å². The van der Waals surface area contributed by atoms with Gasteiger partial charge in [0, 0.05) is 23.9 Å². The average Bonchev–Trinajstić information content (AvgIpc) is 3.33. The summed E-state index contributed by atoms with van der Waals surface area (Å²) in [4.78, 5) is 23.0. The van der Waals surface area contributed by atoms with Gasteiger partial charge in [-0.3, -0.25) is 9.36 Å². The van der Waals surface area contributed by atoms with Crippen LogP contribution in [0.3, 0.4) is 0 Å². The van der Waals surface area contributed by atoms with E-state index in [0.29, 0.717) is 28.0 Å². The lowest BCUT2D eigenvalue weighted by molar-refractivity contribution is 0.382. The summed E-state index contributed by atoms with van der Waals surface area (Å²) >= 11 is 2.92. The number of rotatable bonds is 5. The third-order valence-electron chi connectivity index (χ3n) is 4.92. The van der Waals surface area contributed by atoms with Crippen LogP contribution in [0.5, 0.6) is 0 Å². The van der Waals surface area contributed by atoms with Gasteiger partial charge in [0.15, 0.2) is 11.0 Å². The first kappa shape index (κ1) is 19.8. The van der Waals surface area contributed by atoms with Crippen LogP contribution in [0.4, 0.5) is 0 Å². The van der Waals surface area contributed by atoms with Crippen molar-refractivity contribution in [3.8, 4) is 11.1 Å². The normalized spacial score (nSPS) is 11.7. The van der Waals surface area contributed by atoms with Crippen molar-refractivity contribution in [1.29, 1.82) is 0 Å². The van der Waals surface area contributed by atoms with Crippen LogP contribution in [0, 0.1) is 13.8 Å². The first-order chi connectivity index (χ1) is 13.8.